The molecule has 0 aromatic heterocycles. The maximum absolute atomic E-state index is 11.3. The van der Waals surface area contributed by atoms with E-state index in [2.05, 4.69) is 5.32 Å². The number of aliphatic hydroxyl groups excluding tert-OH is 1. The van der Waals surface area contributed by atoms with E-state index in [1.54, 1.807) is 19.2 Å². The van der Waals surface area contributed by atoms with Crippen LogP contribution in [0.3, 0.4) is 0 Å². The van der Waals surface area contributed by atoms with Crippen molar-refractivity contribution < 1.29 is 14.6 Å². The summed E-state index contributed by atoms with van der Waals surface area (Å²) in [5.74, 6) is 0.663. The van der Waals surface area contributed by atoms with Crippen molar-refractivity contribution in [3.05, 3.63) is 29.8 Å². The largest absolute Gasteiger partial charge is 0.497 e. The normalized spacial score (nSPS) is 11.9. The first kappa shape index (κ1) is 13.5. The first-order valence-electron chi connectivity index (χ1n) is 5.76. The predicted molar refractivity (Wildman–Crippen MR) is 65.9 cm³/mol. The van der Waals surface area contributed by atoms with Gasteiger partial charge in [0.1, 0.15) is 5.75 Å². The lowest BCUT2D eigenvalue weighted by Gasteiger charge is -2.13. The molecule has 0 saturated heterocycles. The number of nitrogens with one attached hydrogen (secondary N) is 1. The van der Waals surface area contributed by atoms with Crippen molar-refractivity contribution in [1.82, 2.24) is 5.32 Å². The average molecular weight is 237 g/mol. The van der Waals surface area contributed by atoms with E-state index in [1.165, 1.54) is 0 Å². The standard InChI is InChI=1S/C13H19NO3/c1-3-5-13(16)14-9-12(15)10-6-4-7-11(8-10)17-2/h4,6-8,12,15H,3,5,9H2,1-2H3,(H,14,16). The Balaban J connectivity index is 2.51. The number of methoxy groups -OCH3 is 1. The van der Waals surface area contributed by atoms with Crippen LogP contribution in [-0.4, -0.2) is 24.7 Å². The van der Waals surface area contributed by atoms with Crippen LogP contribution < -0.4 is 10.1 Å². The van der Waals surface area contributed by atoms with Gasteiger partial charge in [0.15, 0.2) is 0 Å². The first-order chi connectivity index (χ1) is 8.17. The molecule has 4 nitrogen and oxygen atoms in total. The molecule has 0 radical (unpaired) electrons. The zero-order valence-electron chi connectivity index (χ0n) is 10.3. The van der Waals surface area contributed by atoms with E-state index in [9.17, 15) is 9.90 Å². The molecule has 0 aliphatic rings. The highest BCUT2D eigenvalue weighted by molar-refractivity contribution is 5.75. The zero-order chi connectivity index (χ0) is 12.7. The van der Waals surface area contributed by atoms with Crippen LogP contribution in [0.5, 0.6) is 5.75 Å². The third-order valence-corrected chi connectivity index (χ3v) is 2.45. The molecule has 0 aliphatic carbocycles. The van der Waals surface area contributed by atoms with Crippen molar-refractivity contribution in [2.45, 2.75) is 25.9 Å². The summed E-state index contributed by atoms with van der Waals surface area (Å²) < 4.78 is 5.07. The minimum atomic E-state index is -0.703. The molecule has 0 fully saturated rings. The van der Waals surface area contributed by atoms with Gasteiger partial charge in [-0.1, -0.05) is 19.1 Å². The van der Waals surface area contributed by atoms with Crippen LogP contribution in [0, 0.1) is 0 Å². The number of carbonyl (C=O) groups excluding carboxylic acids is 1. The lowest BCUT2D eigenvalue weighted by molar-refractivity contribution is -0.121. The fourth-order valence-electron chi connectivity index (χ4n) is 1.49. The molecular weight excluding hydrogens is 218 g/mol. The van der Waals surface area contributed by atoms with E-state index < -0.39 is 6.10 Å². The molecule has 1 unspecified atom stereocenters. The van der Waals surface area contributed by atoms with E-state index in [1.807, 2.05) is 19.1 Å². The molecule has 4 heteroatoms. The third kappa shape index (κ3) is 4.44. The Labute approximate surface area is 102 Å². The van der Waals surface area contributed by atoms with Gasteiger partial charge in [-0.25, -0.2) is 0 Å². The van der Waals surface area contributed by atoms with Crippen molar-refractivity contribution in [2.24, 2.45) is 0 Å². The Bertz CT molecular complexity index is 365. The van der Waals surface area contributed by atoms with Crippen molar-refractivity contribution in [3.63, 3.8) is 0 Å². The summed E-state index contributed by atoms with van der Waals surface area (Å²) >= 11 is 0. The predicted octanol–water partition coefficient (Wildman–Crippen LogP) is 1.64. The molecule has 1 amide bonds. The summed E-state index contributed by atoms with van der Waals surface area (Å²) in [5, 5.41) is 12.6. The first-order valence-corrected chi connectivity index (χ1v) is 5.76. The number of hydrogen-bond acceptors (Lipinski definition) is 3. The molecule has 17 heavy (non-hydrogen) atoms. The second-order valence-electron chi connectivity index (χ2n) is 3.85. The highest BCUT2D eigenvalue weighted by atomic mass is 16.5. The molecule has 0 spiro atoms. The highest BCUT2D eigenvalue weighted by Crippen LogP contribution is 2.18. The van der Waals surface area contributed by atoms with Gasteiger partial charge in [-0.05, 0) is 24.1 Å². The van der Waals surface area contributed by atoms with Gasteiger partial charge >= 0.3 is 0 Å². The van der Waals surface area contributed by atoms with Gasteiger partial charge in [0.2, 0.25) is 5.91 Å². The van der Waals surface area contributed by atoms with Gasteiger partial charge in [-0.15, -0.1) is 0 Å². The molecule has 0 heterocycles. The number of aliphatic hydroxyl groups is 1. The Morgan fingerprint density at radius 1 is 1.53 bits per heavy atom. The van der Waals surface area contributed by atoms with Crippen molar-refractivity contribution in [1.29, 1.82) is 0 Å². The topological polar surface area (TPSA) is 58.6 Å². The molecule has 1 aromatic carbocycles. The Hall–Kier alpha value is -1.55. The summed E-state index contributed by atoms with van der Waals surface area (Å²) in [6.45, 7) is 2.17. The quantitative estimate of drug-likeness (QED) is 0.791. The zero-order valence-corrected chi connectivity index (χ0v) is 10.3. The van der Waals surface area contributed by atoms with E-state index in [0.717, 1.165) is 12.0 Å². The molecule has 1 rings (SSSR count). The number of carbonyl (C=O) groups is 1. The lowest BCUT2D eigenvalue weighted by Crippen LogP contribution is -2.27. The van der Waals surface area contributed by atoms with Crippen molar-refractivity contribution in [3.8, 4) is 5.75 Å². The molecule has 0 bridgehead atoms. The van der Waals surface area contributed by atoms with Crippen LogP contribution in [0.4, 0.5) is 0 Å². The van der Waals surface area contributed by atoms with E-state index in [-0.39, 0.29) is 12.5 Å². The summed E-state index contributed by atoms with van der Waals surface area (Å²) in [6, 6.07) is 7.19. The monoisotopic (exact) mass is 237 g/mol. The summed E-state index contributed by atoms with van der Waals surface area (Å²) in [7, 11) is 1.58. The number of benzene rings is 1. The van der Waals surface area contributed by atoms with Crippen LogP contribution in [-0.2, 0) is 4.79 Å². The smallest absolute Gasteiger partial charge is 0.220 e. The molecule has 1 atom stereocenters. The SMILES string of the molecule is CCCC(=O)NCC(O)c1cccc(OC)c1. The van der Waals surface area contributed by atoms with Gasteiger partial charge in [0.05, 0.1) is 13.2 Å². The molecule has 0 aliphatic heterocycles. The van der Waals surface area contributed by atoms with Crippen LogP contribution >= 0.6 is 0 Å². The Kier molecular flexibility index (Phi) is 5.49. The van der Waals surface area contributed by atoms with Crippen LogP contribution in [0.15, 0.2) is 24.3 Å². The van der Waals surface area contributed by atoms with Gasteiger partial charge in [0, 0.05) is 13.0 Å². The molecule has 2 N–H and O–H groups in total. The van der Waals surface area contributed by atoms with Crippen LogP contribution in [0.25, 0.3) is 0 Å². The summed E-state index contributed by atoms with van der Waals surface area (Å²) in [4.78, 5) is 11.3. The Morgan fingerprint density at radius 2 is 2.29 bits per heavy atom. The number of hydrogen-bond donors (Lipinski definition) is 2. The van der Waals surface area contributed by atoms with E-state index in [4.69, 9.17) is 4.74 Å². The average Bonchev–Trinajstić information content (AvgIpc) is 2.36. The van der Waals surface area contributed by atoms with Gasteiger partial charge in [-0.2, -0.15) is 0 Å². The second kappa shape index (κ2) is 6.91. The highest BCUT2D eigenvalue weighted by Gasteiger charge is 2.09. The minimum absolute atomic E-state index is 0.0329. The maximum atomic E-state index is 11.3. The van der Waals surface area contributed by atoms with Crippen LogP contribution in [0.1, 0.15) is 31.4 Å². The molecule has 94 valence electrons. The number of amides is 1. The van der Waals surface area contributed by atoms with Gasteiger partial charge in [0.25, 0.3) is 0 Å². The van der Waals surface area contributed by atoms with Gasteiger partial charge in [-0.3, -0.25) is 4.79 Å². The molecule has 0 saturated carbocycles. The van der Waals surface area contributed by atoms with Gasteiger partial charge < -0.3 is 15.2 Å². The lowest BCUT2D eigenvalue weighted by atomic mass is 10.1. The minimum Gasteiger partial charge on any atom is -0.497 e. The summed E-state index contributed by atoms with van der Waals surface area (Å²) in [5.41, 5.74) is 0.737. The molecular formula is C13H19NO3. The Morgan fingerprint density at radius 3 is 2.94 bits per heavy atom. The van der Waals surface area contributed by atoms with E-state index in [0.29, 0.717) is 12.2 Å². The maximum Gasteiger partial charge on any atom is 0.220 e. The van der Waals surface area contributed by atoms with Crippen LogP contribution in [0.2, 0.25) is 0 Å². The fraction of sp³-hybridized carbons (Fsp3) is 0.462. The summed E-state index contributed by atoms with van der Waals surface area (Å²) in [6.07, 6.45) is 0.595. The fourth-order valence-corrected chi connectivity index (χ4v) is 1.49. The number of ether oxygens (including phenoxy) is 1. The van der Waals surface area contributed by atoms with Crippen molar-refractivity contribution in [2.75, 3.05) is 13.7 Å². The molecule has 1 aromatic rings. The van der Waals surface area contributed by atoms with E-state index >= 15 is 0 Å². The number of rotatable bonds is 6. The third-order valence-electron chi connectivity index (χ3n) is 2.45. The second-order valence-corrected chi connectivity index (χ2v) is 3.85. The van der Waals surface area contributed by atoms with Crippen molar-refractivity contribution >= 4 is 5.91 Å².